The maximum absolute atomic E-state index is 12.3. The van der Waals surface area contributed by atoms with Crippen LogP contribution in [-0.2, 0) is 4.79 Å². The topological polar surface area (TPSA) is 69.1 Å². The highest BCUT2D eigenvalue weighted by molar-refractivity contribution is 5.86. The second-order valence-electron chi connectivity index (χ2n) is 2.79. The highest BCUT2D eigenvalue weighted by Crippen LogP contribution is 2.19. The number of carbonyl (C=O) groups excluding carboxylic acids is 1. The quantitative estimate of drug-likeness (QED) is 0.638. The molecule has 0 aromatic heterocycles. The molecule has 0 aliphatic carbocycles. The van der Waals surface area contributed by atoms with E-state index in [4.69, 9.17) is 11.5 Å². The molecule has 5 heteroatoms. The van der Waals surface area contributed by atoms with E-state index in [0.29, 0.717) is 6.42 Å². The zero-order chi connectivity index (χ0) is 9.78. The van der Waals surface area contributed by atoms with Gasteiger partial charge in [-0.05, 0) is 26.3 Å². The van der Waals surface area contributed by atoms with Gasteiger partial charge in [-0.1, -0.05) is 0 Å². The maximum atomic E-state index is 12.3. The summed E-state index contributed by atoms with van der Waals surface area (Å²) in [5.41, 5.74) is 8.34. The minimum absolute atomic E-state index is 0.0590. The van der Waals surface area contributed by atoms with Crippen molar-refractivity contribution in [3.63, 3.8) is 0 Å². The van der Waals surface area contributed by atoms with E-state index >= 15 is 0 Å². The van der Waals surface area contributed by atoms with E-state index in [1.54, 1.807) is 0 Å². The SMILES string of the molecule is CC(=O)C(N)(CCCN)C(F)F. The van der Waals surface area contributed by atoms with E-state index in [-0.39, 0.29) is 13.0 Å². The van der Waals surface area contributed by atoms with Crippen LogP contribution in [0, 0.1) is 0 Å². The Morgan fingerprint density at radius 3 is 2.33 bits per heavy atom. The largest absolute Gasteiger partial charge is 0.330 e. The Morgan fingerprint density at radius 1 is 1.58 bits per heavy atom. The van der Waals surface area contributed by atoms with Crippen molar-refractivity contribution in [3.8, 4) is 0 Å². The molecule has 0 amide bonds. The molecular formula is C7H14F2N2O. The van der Waals surface area contributed by atoms with Crippen LogP contribution in [0.15, 0.2) is 0 Å². The summed E-state index contributed by atoms with van der Waals surface area (Å²) in [6.07, 6.45) is -2.54. The van der Waals surface area contributed by atoms with Crippen LogP contribution in [0.3, 0.4) is 0 Å². The molecule has 12 heavy (non-hydrogen) atoms. The molecule has 0 radical (unpaired) electrons. The molecule has 1 atom stereocenters. The molecule has 0 aromatic carbocycles. The number of hydrogen-bond donors (Lipinski definition) is 2. The van der Waals surface area contributed by atoms with Crippen LogP contribution < -0.4 is 11.5 Å². The Balaban J connectivity index is 4.29. The monoisotopic (exact) mass is 180 g/mol. The minimum Gasteiger partial charge on any atom is -0.330 e. The van der Waals surface area contributed by atoms with Crippen LogP contribution in [0.4, 0.5) is 8.78 Å². The predicted molar refractivity (Wildman–Crippen MR) is 41.9 cm³/mol. The highest BCUT2D eigenvalue weighted by Gasteiger charge is 2.39. The highest BCUT2D eigenvalue weighted by atomic mass is 19.3. The van der Waals surface area contributed by atoms with Gasteiger partial charge in [0, 0.05) is 0 Å². The van der Waals surface area contributed by atoms with Crippen molar-refractivity contribution in [2.45, 2.75) is 31.7 Å². The molecule has 0 aliphatic heterocycles. The first-order valence-electron chi connectivity index (χ1n) is 3.73. The molecule has 4 N–H and O–H groups in total. The zero-order valence-electron chi connectivity index (χ0n) is 7.02. The van der Waals surface area contributed by atoms with Gasteiger partial charge in [0.25, 0.3) is 6.43 Å². The smallest absolute Gasteiger partial charge is 0.263 e. The Kier molecular flexibility index (Phi) is 4.26. The van der Waals surface area contributed by atoms with Crippen LogP contribution in [0.25, 0.3) is 0 Å². The summed E-state index contributed by atoms with van der Waals surface area (Å²) in [5, 5.41) is 0. The summed E-state index contributed by atoms with van der Waals surface area (Å²) in [6, 6.07) is 0. The van der Waals surface area contributed by atoms with Gasteiger partial charge in [0.05, 0.1) is 0 Å². The van der Waals surface area contributed by atoms with Gasteiger partial charge >= 0.3 is 0 Å². The molecule has 0 aliphatic rings. The van der Waals surface area contributed by atoms with Gasteiger partial charge in [0.15, 0.2) is 5.78 Å². The second-order valence-corrected chi connectivity index (χ2v) is 2.79. The number of Topliss-reactive ketones (excluding diaryl/α,β-unsaturated/α-hetero) is 1. The Bertz CT molecular complexity index is 163. The number of nitrogens with two attached hydrogens (primary N) is 2. The fourth-order valence-electron chi connectivity index (χ4n) is 0.833. The van der Waals surface area contributed by atoms with Gasteiger partial charge in [-0.2, -0.15) is 0 Å². The van der Waals surface area contributed by atoms with Crippen molar-refractivity contribution in [3.05, 3.63) is 0 Å². The molecule has 1 unspecified atom stereocenters. The lowest BCUT2D eigenvalue weighted by molar-refractivity contribution is -0.128. The van der Waals surface area contributed by atoms with Gasteiger partial charge in [0.1, 0.15) is 5.54 Å². The average molecular weight is 180 g/mol. The van der Waals surface area contributed by atoms with E-state index in [1.807, 2.05) is 0 Å². The zero-order valence-corrected chi connectivity index (χ0v) is 7.02. The van der Waals surface area contributed by atoms with Crippen LogP contribution in [0.1, 0.15) is 19.8 Å². The molecule has 0 aromatic rings. The van der Waals surface area contributed by atoms with Crippen LogP contribution in [-0.4, -0.2) is 24.3 Å². The van der Waals surface area contributed by atoms with Gasteiger partial charge in [-0.3, -0.25) is 4.79 Å². The third-order valence-corrected chi connectivity index (χ3v) is 1.84. The molecule has 0 heterocycles. The third-order valence-electron chi connectivity index (χ3n) is 1.84. The van der Waals surface area contributed by atoms with Crippen molar-refractivity contribution < 1.29 is 13.6 Å². The lowest BCUT2D eigenvalue weighted by atomic mass is 9.91. The normalized spacial score (nSPS) is 16.2. The van der Waals surface area contributed by atoms with E-state index < -0.39 is 17.7 Å². The van der Waals surface area contributed by atoms with E-state index in [9.17, 15) is 13.6 Å². The van der Waals surface area contributed by atoms with E-state index in [1.165, 1.54) is 0 Å². The number of alkyl halides is 2. The standard InChI is InChI=1S/C7H14F2N2O/c1-5(12)7(11,6(8)9)3-2-4-10/h6H,2-4,10-11H2,1H3. The summed E-state index contributed by atoms with van der Waals surface area (Å²) in [7, 11) is 0. The van der Waals surface area contributed by atoms with Crippen molar-refractivity contribution in [2.75, 3.05) is 6.54 Å². The first-order chi connectivity index (χ1) is 5.45. The lowest BCUT2D eigenvalue weighted by Crippen LogP contribution is -2.53. The van der Waals surface area contributed by atoms with Crippen molar-refractivity contribution in [1.82, 2.24) is 0 Å². The van der Waals surface area contributed by atoms with Gasteiger partial charge < -0.3 is 11.5 Å². The summed E-state index contributed by atoms with van der Waals surface area (Å²) < 4.78 is 24.5. The maximum Gasteiger partial charge on any atom is 0.263 e. The fourth-order valence-corrected chi connectivity index (χ4v) is 0.833. The lowest BCUT2D eigenvalue weighted by Gasteiger charge is -2.24. The summed E-state index contributed by atoms with van der Waals surface area (Å²) in [5.74, 6) is -0.689. The van der Waals surface area contributed by atoms with Crippen LogP contribution in [0.5, 0.6) is 0 Å². The molecule has 0 saturated carbocycles. The Labute approximate surface area is 70.1 Å². The number of hydrogen-bond acceptors (Lipinski definition) is 3. The summed E-state index contributed by atoms with van der Waals surface area (Å²) >= 11 is 0. The Morgan fingerprint density at radius 2 is 2.08 bits per heavy atom. The molecule has 0 rings (SSSR count). The van der Waals surface area contributed by atoms with Crippen molar-refractivity contribution >= 4 is 5.78 Å². The summed E-state index contributed by atoms with van der Waals surface area (Å²) in [6.45, 7) is 1.33. The first kappa shape index (κ1) is 11.4. The third kappa shape index (κ3) is 2.49. The van der Waals surface area contributed by atoms with Gasteiger partial charge in [0.2, 0.25) is 0 Å². The number of rotatable bonds is 5. The fraction of sp³-hybridized carbons (Fsp3) is 0.857. The predicted octanol–water partition coefficient (Wildman–Crippen LogP) is 0.277. The number of halogens is 2. The van der Waals surface area contributed by atoms with Gasteiger partial charge in [-0.25, -0.2) is 8.78 Å². The molecule has 3 nitrogen and oxygen atoms in total. The molecule has 0 saturated heterocycles. The molecule has 72 valence electrons. The molecule has 0 fully saturated rings. The molecule has 0 bridgehead atoms. The average Bonchev–Trinajstić information content (AvgIpc) is 1.99. The second kappa shape index (κ2) is 4.47. The Hall–Kier alpha value is -0.550. The number of ketones is 1. The van der Waals surface area contributed by atoms with E-state index in [2.05, 4.69) is 0 Å². The van der Waals surface area contributed by atoms with Crippen molar-refractivity contribution in [1.29, 1.82) is 0 Å². The summed E-state index contributed by atoms with van der Waals surface area (Å²) in [4.78, 5) is 10.8. The molecular weight excluding hydrogens is 166 g/mol. The number of carbonyl (C=O) groups is 1. The minimum atomic E-state index is -2.82. The van der Waals surface area contributed by atoms with Crippen LogP contribution in [0.2, 0.25) is 0 Å². The molecule has 0 spiro atoms. The van der Waals surface area contributed by atoms with Crippen molar-refractivity contribution in [2.24, 2.45) is 11.5 Å². The van der Waals surface area contributed by atoms with Gasteiger partial charge in [-0.15, -0.1) is 0 Å². The van der Waals surface area contributed by atoms with Crippen LogP contribution >= 0.6 is 0 Å². The van der Waals surface area contributed by atoms with E-state index in [0.717, 1.165) is 6.92 Å². The first-order valence-corrected chi connectivity index (χ1v) is 3.73.